The van der Waals surface area contributed by atoms with Crippen LogP contribution in [0.5, 0.6) is 0 Å². The van der Waals surface area contributed by atoms with Crippen molar-refractivity contribution in [1.29, 1.82) is 0 Å². The van der Waals surface area contributed by atoms with Crippen molar-refractivity contribution in [2.24, 2.45) is 17.8 Å². The minimum atomic E-state index is -0.392. The number of hydrogen-bond donors (Lipinski definition) is 0. The third-order valence-electron chi connectivity index (χ3n) is 4.56. The average Bonchev–Trinajstić information content (AvgIpc) is 2.90. The molecule has 0 radical (unpaired) electrons. The molecule has 1 nitrogen and oxygen atoms in total. The van der Waals surface area contributed by atoms with E-state index >= 15 is 0 Å². The summed E-state index contributed by atoms with van der Waals surface area (Å²) in [5.74, 6) is 1.78. The van der Waals surface area contributed by atoms with Crippen molar-refractivity contribution in [2.45, 2.75) is 32.1 Å². The molecule has 1 aromatic carbocycles. The fourth-order valence-electron chi connectivity index (χ4n) is 3.69. The van der Waals surface area contributed by atoms with E-state index in [1.807, 2.05) is 0 Å². The summed E-state index contributed by atoms with van der Waals surface area (Å²) in [6.07, 6.45) is 5.68. The second kappa shape index (κ2) is 4.65. The Morgan fingerprint density at radius 1 is 1.33 bits per heavy atom. The first-order chi connectivity index (χ1) is 8.63. The predicted octanol–water partition coefficient (Wildman–Crippen LogP) is 4.49. The van der Waals surface area contributed by atoms with Gasteiger partial charge < -0.3 is 0 Å². The summed E-state index contributed by atoms with van der Waals surface area (Å²) in [4.78, 5) is 12.2. The van der Waals surface area contributed by atoms with Crippen LogP contribution in [0.4, 0.5) is 4.39 Å². The molecule has 3 atom stereocenters. The molecule has 0 amide bonds. The quantitative estimate of drug-likeness (QED) is 0.737. The van der Waals surface area contributed by atoms with Gasteiger partial charge in [-0.1, -0.05) is 18.0 Å². The number of hydrogen-bond acceptors (Lipinski definition) is 1. The summed E-state index contributed by atoms with van der Waals surface area (Å²) in [5.41, 5.74) is 0.473. The predicted molar refractivity (Wildman–Crippen MR) is 69.3 cm³/mol. The monoisotopic (exact) mass is 266 g/mol. The van der Waals surface area contributed by atoms with Crippen LogP contribution in [0.3, 0.4) is 0 Å². The first-order valence-corrected chi connectivity index (χ1v) is 6.99. The number of halogens is 2. The van der Waals surface area contributed by atoms with Crippen molar-refractivity contribution in [3.8, 4) is 0 Å². The molecule has 0 heterocycles. The number of ketones is 1. The Morgan fingerprint density at radius 2 is 2.17 bits per heavy atom. The molecule has 0 spiro atoms. The molecule has 0 N–H and O–H groups in total. The van der Waals surface area contributed by atoms with Crippen molar-refractivity contribution >= 4 is 17.4 Å². The first-order valence-electron chi connectivity index (χ1n) is 6.61. The number of rotatable bonds is 3. The van der Waals surface area contributed by atoms with Crippen molar-refractivity contribution in [3.63, 3.8) is 0 Å². The van der Waals surface area contributed by atoms with Crippen molar-refractivity contribution in [3.05, 3.63) is 34.6 Å². The minimum absolute atomic E-state index is 0.0672. The largest absolute Gasteiger partial charge is 0.294 e. The van der Waals surface area contributed by atoms with Gasteiger partial charge in [-0.25, -0.2) is 4.39 Å². The van der Waals surface area contributed by atoms with Gasteiger partial charge in [0, 0.05) is 12.0 Å². The van der Waals surface area contributed by atoms with Crippen molar-refractivity contribution in [1.82, 2.24) is 0 Å². The van der Waals surface area contributed by atoms with Crippen LogP contribution in [0.25, 0.3) is 0 Å². The van der Waals surface area contributed by atoms with Gasteiger partial charge in [0.2, 0.25) is 0 Å². The Kier molecular flexibility index (Phi) is 3.14. The van der Waals surface area contributed by atoms with Gasteiger partial charge in [-0.2, -0.15) is 0 Å². The fraction of sp³-hybridized carbons (Fsp3) is 0.533. The summed E-state index contributed by atoms with van der Waals surface area (Å²) < 4.78 is 12.9. The topological polar surface area (TPSA) is 17.1 Å². The Hall–Kier alpha value is -0.890. The second-order valence-electron chi connectivity index (χ2n) is 5.69. The summed E-state index contributed by atoms with van der Waals surface area (Å²) in [6, 6.07) is 4.03. The maximum Gasteiger partial charge on any atom is 0.164 e. The molecule has 0 aromatic heterocycles. The van der Waals surface area contributed by atoms with Gasteiger partial charge in [0.25, 0.3) is 0 Å². The zero-order valence-corrected chi connectivity index (χ0v) is 10.9. The number of fused-ring (bicyclic) bond motifs is 2. The lowest BCUT2D eigenvalue weighted by Crippen LogP contribution is -2.15. The molecule has 0 saturated heterocycles. The van der Waals surface area contributed by atoms with Crippen LogP contribution in [-0.2, 0) is 0 Å². The van der Waals surface area contributed by atoms with E-state index in [0.717, 1.165) is 11.8 Å². The highest BCUT2D eigenvalue weighted by Gasteiger charge is 2.40. The molecule has 2 bridgehead atoms. The Bertz CT molecular complexity index is 485. The zero-order chi connectivity index (χ0) is 12.7. The summed E-state index contributed by atoms with van der Waals surface area (Å²) in [7, 11) is 0. The van der Waals surface area contributed by atoms with Crippen LogP contribution in [-0.4, -0.2) is 5.78 Å². The summed E-state index contributed by atoms with van der Waals surface area (Å²) in [6.45, 7) is 0. The summed E-state index contributed by atoms with van der Waals surface area (Å²) in [5, 5.41) is 0.239. The molecule has 3 rings (SSSR count). The van der Waals surface area contributed by atoms with Gasteiger partial charge in [-0.15, -0.1) is 0 Å². The van der Waals surface area contributed by atoms with Gasteiger partial charge in [-0.3, -0.25) is 4.79 Å². The zero-order valence-electron chi connectivity index (χ0n) is 10.2. The minimum Gasteiger partial charge on any atom is -0.294 e. The van der Waals surface area contributed by atoms with Gasteiger partial charge in [-0.05, 0) is 55.2 Å². The Morgan fingerprint density at radius 3 is 2.78 bits per heavy atom. The second-order valence-corrected chi connectivity index (χ2v) is 6.09. The standard InChI is InChI=1S/C15H16ClFO/c16-14-8-12(17)3-4-13(14)15(18)7-11-6-9-1-2-10(11)5-9/h3-4,8-11H,1-2,5-7H2. The average molecular weight is 267 g/mol. The highest BCUT2D eigenvalue weighted by atomic mass is 35.5. The van der Waals surface area contributed by atoms with E-state index in [4.69, 9.17) is 11.6 Å². The van der Waals surface area contributed by atoms with E-state index in [2.05, 4.69) is 0 Å². The molecule has 18 heavy (non-hydrogen) atoms. The fourth-order valence-corrected chi connectivity index (χ4v) is 3.96. The maximum absolute atomic E-state index is 12.9. The van der Waals surface area contributed by atoms with Crippen LogP contribution in [0, 0.1) is 23.6 Å². The molecule has 0 aliphatic heterocycles. The van der Waals surface area contributed by atoms with Gasteiger partial charge in [0.05, 0.1) is 5.02 Å². The van der Waals surface area contributed by atoms with Crippen LogP contribution < -0.4 is 0 Å². The SMILES string of the molecule is O=C(CC1CC2CCC1C2)c1ccc(F)cc1Cl. The number of carbonyl (C=O) groups excluding carboxylic acids is 1. The molecular weight excluding hydrogens is 251 g/mol. The molecule has 96 valence electrons. The van der Waals surface area contributed by atoms with E-state index in [0.29, 0.717) is 17.9 Å². The lowest BCUT2D eigenvalue weighted by Gasteiger charge is -2.20. The van der Waals surface area contributed by atoms with Crippen molar-refractivity contribution < 1.29 is 9.18 Å². The van der Waals surface area contributed by atoms with E-state index < -0.39 is 5.82 Å². The lowest BCUT2D eigenvalue weighted by atomic mass is 9.84. The van der Waals surface area contributed by atoms with Crippen LogP contribution >= 0.6 is 11.6 Å². The van der Waals surface area contributed by atoms with E-state index in [1.54, 1.807) is 0 Å². The van der Waals surface area contributed by atoms with Crippen molar-refractivity contribution in [2.75, 3.05) is 0 Å². The normalized spacial score (nSPS) is 29.8. The van der Waals surface area contributed by atoms with Crippen LogP contribution in [0.2, 0.25) is 5.02 Å². The number of Topliss-reactive ketones (excluding diaryl/α,β-unsaturated/α-hetero) is 1. The van der Waals surface area contributed by atoms with Gasteiger partial charge in [0.1, 0.15) is 5.82 Å². The van der Waals surface area contributed by atoms with E-state index in [1.165, 1.54) is 43.9 Å². The molecule has 3 heteroatoms. The molecule has 1 aromatic rings. The van der Waals surface area contributed by atoms with Gasteiger partial charge >= 0.3 is 0 Å². The molecular formula is C15H16ClFO. The van der Waals surface area contributed by atoms with E-state index in [-0.39, 0.29) is 10.8 Å². The number of carbonyl (C=O) groups is 1. The molecule has 2 aliphatic carbocycles. The molecule has 2 fully saturated rings. The first kappa shape index (κ1) is 12.2. The highest BCUT2D eigenvalue weighted by Crippen LogP contribution is 2.49. The molecule has 2 aliphatic rings. The molecule has 2 saturated carbocycles. The summed E-state index contributed by atoms with van der Waals surface area (Å²) >= 11 is 5.93. The highest BCUT2D eigenvalue weighted by molar-refractivity contribution is 6.33. The lowest BCUT2D eigenvalue weighted by molar-refractivity contribution is 0.0944. The third kappa shape index (κ3) is 2.18. The Balaban J connectivity index is 1.71. The van der Waals surface area contributed by atoms with Crippen LogP contribution in [0.1, 0.15) is 42.5 Å². The number of benzene rings is 1. The molecule has 3 unspecified atom stereocenters. The van der Waals surface area contributed by atoms with Gasteiger partial charge in [0.15, 0.2) is 5.78 Å². The van der Waals surface area contributed by atoms with E-state index in [9.17, 15) is 9.18 Å². The smallest absolute Gasteiger partial charge is 0.164 e. The third-order valence-corrected chi connectivity index (χ3v) is 4.88. The Labute approximate surface area is 111 Å². The maximum atomic E-state index is 12.9. The van der Waals surface area contributed by atoms with Crippen LogP contribution in [0.15, 0.2) is 18.2 Å².